The van der Waals surface area contributed by atoms with Crippen molar-refractivity contribution in [3.63, 3.8) is 0 Å². The molecule has 23 heavy (non-hydrogen) atoms. The van der Waals surface area contributed by atoms with E-state index in [0.29, 0.717) is 30.3 Å². The van der Waals surface area contributed by atoms with Crippen molar-refractivity contribution in [2.24, 2.45) is 5.73 Å². The second-order valence-electron chi connectivity index (χ2n) is 6.86. The van der Waals surface area contributed by atoms with Gasteiger partial charge in [-0.2, -0.15) is 0 Å². The zero-order valence-electron chi connectivity index (χ0n) is 13.3. The van der Waals surface area contributed by atoms with E-state index in [1.807, 2.05) is 13.8 Å². The summed E-state index contributed by atoms with van der Waals surface area (Å²) < 4.78 is 5.50. The maximum absolute atomic E-state index is 13.1. The number of rotatable bonds is 2. The first kappa shape index (κ1) is 16.4. The molecule has 6 heteroatoms. The number of carbonyl (C=O) groups is 2. The first-order valence-corrected chi connectivity index (χ1v) is 8.16. The molecule has 0 radical (unpaired) electrons. The molecule has 1 heterocycles. The molecule has 3 rings (SSSR count). The summed E-state index contributed by atoms with van der Waals surface area (Å²) in [6.45, 7) is 5.19. The molecule has 1 aromatic carbocycles. The SMILES string of the molecule is CC(C)(N)C1COCCN1C(=O)C1CC(=O)c2cc(Cl)ccc21. The summed E-state index contributed by atoms with van der Waals surface area (Å²) in [7, 11) is 0. The molecule has 1 amide bonds. The van der Waals surface area contributed by atoms with Crippen LogP contribution in [0.15, 0.2) is 18.2 Å². The molecule has 0 aromatic heterocycles. The van der Waals surface area contributed by atoms with Gasteiger partial charge in [0.2, 0.25) is 5.91 Å². The number of fused-ring (bicyclic) bond motifs is 1. The van der Waals surface area contributed by atoms with Gasteiger partial charge in [-0.05, 0) is 31.5 Å². The van der Waals surface area contributed by atoms with E-state index in [-0.39, 0.29) is 24.2 Å². The number of Topliss-reactive ketones (excluding diaryl/α,β-unsaturated/α-hetero) is 1. The Morgan fingerprint density at radius 3 is 2.87 bits per heavy atom. The highest BCUT2D eigenvalue weighted by atomic mass is 35.5. The van der Waals surface area contributed by atoms with Crippen LogP contribution < -0.4 is 5.73 Å². The van der Waals surface area contributed by atoms with Crippen molar-refractivity contribution in [1.82, 2.24) is 4.90 Å². The van der Waals surface area contributed by atoms with Gasteiger partial charge in [0.1, 0.15) is 0 Å². The van der Waals surface area contributed by atoms with Crippen LogP contribution in [-0.2, 0) is 9.53 Å². The van der Waals surface area contributed by atoms with E-state index < -0.39 is 11.5 Å². The minimum Gasteiger partial charge on any atom is -0.377 e. The van der Waals surface area contributed by atoms with Gasteiger partial charge in [-0.1, -0.05) is 17.7 Å². The largest absolute Gasteiger partial charge is 0.377 e. The molecule has 1 fully saturated rings. The van der Waals surface area contributed by atoms with Crippen molar-refractivity contribution < 1.29 is 14.3 Å². The Bertz CT molecular complexity index is 654. The number of amides is 1. The molecule has 2 unspecified atom stereocenters. The number of morpholine rings is 1. The van der Waals surface area contributed by atoms with Crippen LogP contribution in [0.5, 0.6) is 0 Å². The minimum atomic E-state index is -0.568. The number of nitrogens with two attached hydrogens (primary N) is 1. The van der Waals surface area contributed by atoms with Gasteiger partial charge in [-0.25, -0.2) is 0 Å². The van der Waals surface area contributed by atoms with Gasteiger partial charge in [0.25, 0.3) is 0 Å². The van der Waals surface area contributed by atoms with Crippen LogP contribution in [0.4, 0.5) is 0 Å². The number of benzene rings is 1. The van der Waals surface area contributed by atoms with E-state index >= 15 is 0 Å². The van der Waals surface area contributed by atoms with Gasteiger partial charge in [-0.3, -0.25) is 9.59 Å². The lowest BCUT2D eigenvalue weighted by Gasteiger charge is -2.43. The molecule has 2 aliphatic rings. The van der Waals surface area contributed by atoms with Gasteiger partial charge in [0, 0.05) is 29.1 Å². The van der Waals surface area contributed by atoms with Gasteiger partial charge in [0.05, 0.1) is 25.2 Å². The molecule has 0 spiro atoms. The third kappa shape index (κ3) is 3.01. The zero-order valence-corrected chi connectivity index (χ0v) is 14.1. The number of hydrogen-bond acceptors (Lipinski definition) is 4. The van der Waals surface area contributed by atoms with Crippen molar-refractivity contribution >= 4 is 23.3 Å². The van der Waals surface area contributed by atoms with Gasteiger partial charge >= 0.3 is 0 Å². The average molecular weight is 337 g/mol. The van der Waals surface area contributed by atoms with E-state index in [1.165, 1.54) is 0 Å². The molecular weight excluding hydrogens is 316 g/mol. The van der Waals surface area contributed by atoms with E-state index in [0.717, 1.165) is 5.56 Å². The Hall–Kier alpha value is -1.43. The number of nitrogens with zero attached hydrogens (tertiary/aromatic N) is 1. The molecule has 5 nitrogen and oxygen atoms in total. The van der Waals surface area contributed by atoms with Crippen LogP contribution in [0.1, 0.15) is 42.1 Å². The maximum Gasteiger partial charge on any atom is 0.231 e. The Labute approximate surface area is 140 Å². The summed E-state index contributed by atoms with van der Waals surface area (Å²) in [5, 5.41) is 0.512. The quantitative estimate of drug-likeness (QED) is 0.896. The smallest absolute Gasteiger partial charge is 0.231 e. The lowest BCUT2D eigenvalue weighted by molar-refractivity contribution is -0.144. The van der Waals surface area contributed by atoms with Gasteiger partial charge in [-0.15, -0.1) is 0 Å². The lowest BCUT2D eigenvalue weighted by Crippen LogP contribution is -2.62. The molecule has 1 aromatic rings. The predicted molar refractivity (Wildman–Crippen MR) is 87.7 cm³/mol. The number of hydrogen-bond donors (Lipinski definition) is 1. The van der Waals surface area contributed by atoms with Crippen LogP contribution in [0.2, 0.25) is 5.02 Å². The summed E-state index contributed by atoms with van der Waals surface area (Å²) in [4.78, 5) is 27.1. The second kappa shape index (κ2) is 5.89. The third-order valence-electron chi connectivity index (χ3n) is 4.65. The highest BCUT2D eigenvalue weighted by Crippen LogP contribution is 2.37. The van der Waals surface area contributed by atoms with Crippen LogP contribution in [0.25, 0.3) is 0 Å². The maximum atomic E-state index is 13.1. The monoisotopic (exact) mass is 336 g/mol. The molecular formula is C17H21ClN2O3. The first-order valence-electron chi connectivity index (χ1n) is 7.79. The molecule has 0 saturated carbocycles. The lowest BCUT2D eigenvalue weighted by atomic mass is 9.91. The Kier molecular flexibility index (Phi) is 4.21. The average Bonchev–Trinajstić information content (AvgIpc) is 2.82. The fraction of sp³-hybridized carbons (Fsp3) is 0.529. The minimum absolute atomic E-state index is 0.0299. The zero-order chi connectivity index (χ0) is 16.8. The summed E-state index contributed by atoms with van der Waals surface area (Å²) in [6.07, 6.45) is 0.198. The predicted octanol–water partition coefficient (Wildman–Crippen LogP) is 1.97. The number of carbonyl (C=O) groups excluding carboxylic acids is 2. The summed E-state index contributed by atoms with van der Waals surface area (Å²) in [5.41, 5.74) is 6.98. The molecule has 124 valence electrons. The van der Waals surface area contributed by atoms with E-state index in [4.69, 9.17) is 22.1 Å². The fourth-order valence-corrected chi connectivity index (χ4v) is 3.56. The van der Waals surface area contributed by atoms with Crippen molar-refractivity contribution in [2.45, 2.75) is 37.8 Å². The van der Waals surface area contributed by atoms with E-state index in [2.05, 4.69) is 0 Å². The molecule has 1 aliphatic heterocycles. The van der Waals surface area contributed by atoms with Crippen molar-refractivity contribution in [1.29, 1.82) is 0 Å². The number of ketones is 1. The second-order valence-corrected chi connectivity index (χ2v) is 7.29. The summed E-state index contributed by atoms with van der Waals surface area (Å²) >= 11 is 5.97. The van der Waals surface area contributed by atoms with Crippen molar-refractivity contribution in [3.05, 3.63) is 34.3 Å². The molecule has 0 bridgehead atoms. The standard InChI is InChI=1S/C17H21ClN2O3/c1-17(2,19)15-9-23-6-5-20(15)16(22)13-8-14(21)12-7-10(18)3-4-11(12)13/h3-4,7,13,15H,5-6,8-9,19H2,1-2H3. The van der Waals surface area contributed by atoms with Gasteiger partial charge in [0.15, 0.2) is 5.78 Å². The molecule has 1 aliphatic carbocycles. The Balaban J connectivity index is 1.91. The fourth-order valence-electron chi connectivity index (χ4n) is 3.38. The van der Waals surface area contributed by atoms with Crippen LogP contribution >= 0.6 is 11.6 Å². The topological polar surface area (TPSA) is 72.6 Å². The Morgan fingerprint density at radius 1 is 1.43 bits per heavy atom. The Morgan fingerprint density at radius 2 is 2.17 bits per heavy atom. The van der Waals surface area contributed by atoms with Crippen LogP contribution in [-0.4, -0.2) is 47.9 Å². The highest BCUT2D eigenvalue weighted by Gasteiger charge is 2.42. The van der Waals surface area contributed by atoms with E-state index in [1.54, 1.807) is 23.1 Å². The normalized spacial score (nSPS) is 24.7. The molecule has 1 saturated heterocycles. The summed E-state index contributed by atoms with van der Waals surface area (Å²) in [5.74, 6) is -0.526. The van der Waals surface area contributed by atoms with Gasteiger partial charge < -0.3 is 15.4 Å². The molecule has 2 N–H and O–H groups in total. The molecule has 2 atom stereocenters. The number of halogens is 1. The highest BCUT2D eigenvalue weighted by molar-refractivity contribution is 6.31. The summed E-state index contributed by atoms with van der Waals surface area (Å²) in [6, 6.07) is 4.96. The third-order valence-corrected chi connectivity index (χ3v) is 4.88. The van der Waals surface area contributed by atoms with Crippen molar-refractivity contribution in [3.8, 4) is 0 Å². The van der Waals surface area contributed by atoms with Crippen molar-refractivity contribution in [2.75, 3.05) is 19.8 Å². The number of ether oxygens (including phenoxy) is 1. The first-order chi connectivity index (χ1) is 10.8. The van der Waals surface area contributed by atoms with Crippen LogP contribution in [0, 0.1) is 0 Å². The van der Waals surface area contributed by atoms with E-state index in [9.17, 15) is 9.59 Å². The van der Waals surface area contributed by atoms with Crippen LogP contribution in [0.3, 0.4) is 0 Å².